The van der Waals surface area contributed by atoms with Crippen molar-refractivity contribution in [2.75, 3.05) is 32.8 Å². The van der Waals surface area contributed by atoms with Gasteiger partial charge in [0, 0.05) is 36.4 Å². The lowest BCUT2D eigenvalue weighted by molar-refractivity contribution is 0.0525. The molecular weight excluding hydrogens is 418 g/mol. The van der Waals surface area contributed by atoms with Crippen LogP contribution in [0.15, 0.2) is 24.3 Å². The molecule has 0 aliphatic carbocycles. The molecule has 31 heavy (non-hydrogen) atoms. The number of hydrogen-bond acceptors (Lipinski definition) is 5. The van der Waals surface area contributed by atoms with Gasteiger partial charge in [-0.1, -0.05) is 11.6 Å². The van der Waals surface area contributed by atoms with Gasteiger partial charge in [0.05, 0.1) is 12.2 Å². The number of aromatic amines is 1. The van der Waals surface area contributed by atoms with Gasteiger partial charge in [-0.25, -0.2) is 4.79 Å². The van der Waals surface area contributed by atoms with E-state index in [1.54, 1.807) is 20.8 Å². The predicted octanol–water partition coefficient (Wildman–Crippen LogP) is 3.73. The van der Waals surface area contributed by atoms with Gasteiger partial charge in [0.1, 0.15) is 18.1 Å². The Bertz CT molecular complexity index is 902. The summed E-state index contributed by atoms with van der Waals surface area (Å²) in [5.74, 6) is 0.230. The highest BCUT2D eigenvalue weighted by atomic mass is 35.5. The number of benzene rings is 1. The third kappa shape index (κ3) is 6.02. The molecule has 0 atom stereocenters. The Morgan fingerprint density at radius 1 is 1.19 bits per heavy atom. The van der Waals surface area contributed by atoms with Crippen LogP contribution in [0.1, 0.15) is 51.9 Å². The summed E-state index contributed by atoms with van der Waals surface area (Å²) in [6.45, 7) is 8.84. The lowest BCUT2D eigenvalue weighted by Crippen LogP contribution is -2.45. The highest BCUT2D eigenvalue weighted by Gasteiger charge is 2.26. The van der Waals surface area contributed by atoms with Gasteiger partial charge in [-0.2, -0.15) is 0 Å². The normalized spacial score (nSPS) is 15.0. The third-order valence-corrected chi connectivity index (χ3v) is 5.81. The molecule has 0 saturated carbocycles. The molecule has 3 rings (SSSR count). The van der Waals surface area contributed by atoms with Gasteiger partial charge >= 0.3 is 5.97 Å². The minimum absolute atomic E-state index is 0.106. The predicted molar refractivity (Wildman–Crippen MR) is 120 cm³/mol. The highest BCUT2D eigenvalue weighted by molar-refractivity contribution is 6.30. The first-order valence-corrected chi connectivity index (χ1v) is 11.0. The minimum Gasteiger partial charge on any atom is -0.492 e. The van der Waals surface area contributed by atoms with Crippen LogP contribution in [0.4, 0.5) is 0 Å². The number of rotatable bonds is 8. The van der Waals surface area contributed by atoms with Crippen LogP contribution in [-0.4, -0.2) is 60.7 Å². The fourth-order valence-corrected chi connectivity index (χ4v) is 3.99. The number of amides is 1. The molecule has 2 N–H and O–H groups in total. The summed E-state index contributed by atoms with van der Waals surface area (Å²) in [4.78, 5) is 30.3. The van der Waals surface area contributed by atoms with E-state index in [1.807, 2.05) is 24.3 Å². The maximum Gasteiger partial charge on any atom is 0.340 e. The molecule has 1 aliphatic rings. The van der Waals surface area contributed by atoms with Crippen LogP contribution >= 0.6 is 11.6 Å². The van der Waals surface area contributed by atoms with Crippen LogP contribution < -0.4 is 10.1 Å². The van der Waals surface area contributed by atoms with Crippen molar-refractivity contribution in [3.8, 4) is 5.75 Å². The van der Waals surface area contributed by atoms with E-state index in [4.69, 9.17) is 21.1 Å². The first kappa shape index (κ1) is 23.2. The number of hydrogen-bond donors (Lipinski definition) is 2. The van der Waals surface area contributed by atoms with Gasteiger partial charge < -0.3 is 19.8 Å². The molecule has 8 heteroatoms. The summed E-state index contributed by atoms with van der Waals surface area (Å²) in [5.41, 5.74) is 2.16. The number of H-pyrrole nitrogens is 1. The molecule has 1 aromatic carbocycles. The Labute approximate surface area is 188 Å². The summed E-state index contributed by atoms with van der Waals surface area (Å²) in [5, 5.41) is 3.80. The van der Waals surface area contributed by atoms with Gasteiger partial charge in [0.15, 0.2) is 0 Å². The number of halogens is 1. The summed E-state index contributed by atoms with van der Waals surface area (Å²) < 4.78 is 10.9. The number of likely N-dealkylation sites (tertiary alicyclic amines) is 1. The first-order valence-electron chi connectivity index (χ1n) is 10.7. The lowest BCUT2D eigenvalue weighted by atomic mass is 10.0. The van der Waals surface area contributed by atoms with Crippen LogP contribution in [0.2, 0.25) is 5.02 Å². The number of carbonyl (C=O) groups excluding carboxylic acids is 2. The molecular formula is C23H30ClN3O4. The molecule has 168 valence electrons. The second-order valence-electron chi connectivity index (χ2n) is 7.74. The van der Waals surface area contributed by atoms with E-state index < -0.39 is 5.97 Å². The van der Waals surface area contributed by atoms with Gasteiger partial charge in [0.25, 0.3) is 5.91 Å². The summed E-state index contributed by atoms with van der Waals surface area (Å²) in [6.07, 6.45) is 1.74. The molecule has 0 unspecified atom stereocenters. The fraction of sp³-hybridized carbons (Fsp3) is 0.478. The molecule has 7 nitrogen and oxygen atoms in total. The third-order valence-electron chi connectivity index (χ3n) is 5.56. The molecule has 2 aromatic rings. The van der Waals surface area contributed by atoms with E-state index in [-0.39, 0.29) is 11.9 Å². The van der Waals surface area contributed by atoms with Crippen molar-refractivity contribution in [1.29, 1.82) is 0 Å². The molecule has 1 aliphatic heterocycles. The van der Waals surface area contributed by atoms with Crippen molar-refractivity contribution in [1.82, 2.24) is 15.2 Å². The Balaban J connectivity index is 1.45. The Morgan fingerprint density at radius 2 is 1.87 bits per heavy atom. The van der Waals surface area contributed by atoms with Crippen LogP contribution in [0.25, 0.3) is 0 Å². The van der Waals surface area contributed by atoms with Crippen LogP contribution in [-0.2, 0) is 4.74 Å². The first-order chi connectivity index (χ1) is 14.9. The topological polar surface area (TPSA) is 83.7 Å². The monoisotopic (exact) mass is 447 g/mol. The molecule has 1 amide bonds. The van der Waals surface area contributed by atoms with E-state index in [0.717, 1.165) is 38.2 Å². The Morgan fingerprint density at radius 3 is 2.52 bits per heavy atom. The van der Waals surface area contributed by atoms with Crippen molar-refractivity contribution in [2.45, 2.75) is 39.7 Å². The zero-order valence-corrected chi connectivity index (χ0v) is 19.1. The molecule has 1 saturated heterocycles. The quantitative estimate of drug-likeness (QED) is 0.602. The fourth-order valence-electron chi connectivity index (χ4n) is 3.87. The van der Waals surface area contributed by atoms with Crippen molar-refractivity contribution < 1.29 is 19.1 Å². The van der Waals surface area contributed by atoms with E-state index in [2.05, 4.69) is 15.2 Å². The highest BCUT2D eigenvalue weighted by Crippen LogP contribution is 2.20. The summed E-state index contributed by atoms with van der Waals surface area (Å²) >= 11 is 5.88. The number of carbonyl (C=O) groups is 2. The van der Waals surface area contributed by atoms with Gasteiger partial charge in [-0.05, 0) is 63.4 Å². The van der Waals surface area contributed by atoms with Gasteiger partial charge in [-0.15, -0.1) is 0 Å². The number of esters is 1. The number of nitrogens with one attached hydrogen (secondary N) is 2. The van der Waals surface area contributed by atoms with Crippen molar-refractivity contribution in [3.05, 3.63) is 51.8 Å². The average molecular weight is 448 g/mol. The largest absolute Gasteiger partial charge is 0.492 e. The zero-order chi connectivity index (χ0) is 22.4. The number of piperidine rings is 1. The van der Waals surface area contributed by atoms with E-state index in [1.165, 1.54) is 0 Å². The number of nitrogens with zero attached hydrogens (tertiary/aromatic N) is 1. The Hall–Kier alpha value is -2.51. The average Bonchev–Trinajstić information content (AvgIpc) is 3.05. The summed E-state index contributed by atoms with van der Waals surface area (Å²) in [7, 11) is 0. The maximum absolute atomic E-state index is 12.8. The standard InChI is InChI=1S/C23H30ClN3O4/c1-4-30-23(29)20-15(2)21(25-16(20)3)22(28)26-18-9-11-27(12-10-18)13-14-31-19-7-5-17(24)6-8-19/h5-8,18,25H,4,9-14H2,1-3H3,(H,26,28). The van der Waals surface area contributed by atoms with Crippen molar-refractivity contribution in [3.63, 3.8) is 0 Å². The van der Waals surface area contributed by atoms with Crippen LogP contribution in [0.3, 0.4) is 0 Å². The van der Waals surface area contributed by atoms with Crippen molar-refractivity contribution in [2.24, 2.45) is 0 Å². The van der Waals surface area contributed by atoms with Crippen molar-refractivity contribution >= 4 is 23.5 Å². The van der Waals surface area contributed by atoms with Crippen LogP contribution in [0, 0.1) is 13.8 Å². The second-order valence-corrected chi connectivity index (χ2v) is 8.17. The molecule has 1 fully saturated rings. The number of ether oxygens (including phenoxy) is 2. The number of aryl methyl sites for hydroxylation is 1. The molecule has 2 heterocycles. The Kier molecular flexibility index (Phi) is 7.98. The smallest absolute Gasteiger partial charge is 0.340 e. The van der Waals surface area contributed by atoms with E-state index >= 15 is 0 Å². The molecule has 0 spiro atoms. The zero-order valence-electron chi connectivity index (χ0n) is 18.3. The van der Waals surface area contributed by atoms with E-state index in [9.17, 15) is 9.59 Å². The summed E-state index contributed by atoms with van der Waals surface area (Å²) in [6, 6.07) is 7.46. The molecule has 0 bridgehead atoms. The van der Waals surface area contributed by atoms with E-state index in [0.29, 0.717) is 40.8 Å². The van der Waals surface area contributed by atoms with Gasteiger partial charge in [0.2, 0.25) is 0 Å². The SMILES string of the molecule is CCOC(=O)c1c(C)[nH]c(C(=O)NC2CCN(CCOc3ccc(Cl)cc3)CC2)c1C. The van der Waals surface area contributed by atoms with Gasteiger partial charge in [-0.3, -0.25) is 9.69 Å². The number of aromatic nitrogens is 1. The lowest BCUT2D eigenvalue weighted by Gasteiger charge is -2.32. The molecule has 0 radical (unpaired) electrons. The maximum atomic E-state index is 12.8. The van der Waals surface area contributed by atoms with Crippen LogP contribution in [0.5, 0.6) is 5.75 Å². The molecule has 1 aromatic heterocycles. The minimum atomic E-state index is -0.401. The second kappa shape index (κ2) is 10.7.